The molecule has 0 bridgehead atoms. The van der Waals surface area contributed by atoms with Crippen LogP contribution in [0.3, 0.4) is 0 Å². The van der Waals surface area contributed by atoms with Gasteiger partial charge in [-0.05, 0) is 31.0 Å². The number of rotatable bonds is 2. The van der Waals surface area contributed by atoms with Gasteiger partial charge in [0.2, 0.25) is 0 Å². The summed E-state index contributed by atoms with van der Waals surface area (Å²) < 4.78 is 13.1. The third-order valence-corrected chi connectivity index (χ3v) is 3.65. The van der Waals surface area contributed by atoms with Gasteiger partial charge in [-0.2, -0.15) is 5.26 Å². The van der Waals surface area contributed by atoms with Crippen molar-refractivity contribution < 1.29 is 9.50 Å². The van der Waals surface area contributed by atoms with Gasteiger partial charge in [-0.3, -0.25) is 0 Å². The van der Waals surface area contributed by atoms with Gasteiger partial charge in [0.15, 0.2) is 0 Å². The smallest absolute Gasteiger partial charge is 0.124 e. The first-order valence-corrected chi connectivity index (χ1v) is 6.24. The number of hydrogen-bond acceptors (Lipinski definition) is 3. The Kier molecular flexibility index (Phi) is 3.83. The highest BCUT2D eigenvalue weighted by Gasteiger charge is 2.27. The second-order valence-corrected chi connectivity index (χ2v) is 4.80. The maximum Gasteiger partial charge on any atom is 0.124 e. The van der Waals surface area contributed by atoms with Crippen molar-refractivity contribution in [2.45, 2.75) is 37.8 Å². The summed E-state index contributed by atoms with van der Waals surface area (Å²) in [6.07, 6.45) is 3.44. The Labute approximate surface area is 106 Å². The Bertz CT molecular complexity index is 469. The molecule has 1 aromatic carbocycles. The molecule has 0 amide bonds. The number of aliphatic hydroxyl groups excluding tert-OH is 1. The second kappa shape index (κ2) is 5.36. The number of likely N-dealkylation sites (N-methyl/N-ethyl adjacent to an activating group) is 1. The second-order valence-electron chi connectivity index (χ2n) is 4.80. The molecule has 0 aromatic heterocycles. The summed E-state index contributed by atoms with van der Waals surface area (Å²) >= 11 is 0. The van der Waals surface area contributed by atoms with E-state index in [0.717, 1.165) is 25.7 Å². The van der Waals surface area contributed by atoms with Crippen molar-refractivity contribution in [2.24, 2.45) is 0 Å². The lowest BCUT2D eigenvalue weighted by Gasteiger charge is -2.37. The highest BCUT2D eigenvalue weighted by molar-refractivity contribution is 5.59. The molecule has 1 N–H and O–H groups in total. The molecule has 18 heavy (non-hydrogen) atoms. The number of anilines is 1. The lowest BCUT2D eigenvalue weighted by atomic mass is 9.91. The van der Waals surface area contributed by atoms with Crippen LogP contribution in [0.1, 0.15) is 31.2 Å². The number of aliphatic hydroxyl groups is 1. The molecule has 1 aliphatic carbocycles. The average molecular weight is 248 g/mol. The van der Waals surface area contributed by atoms with E-state index in [1.54, 1.807) is 6.07 Å². The van der Waals surface area contributed by atoms with Crippen molar-refractivity contribution in [3.63, 3.8) is 0 Å². The predicted octanol–water partition coefficient (Wildman–Crippen LogP) is 2.44. The number of nitrogens with zero attached hydrogens (tertiary/aromatic N) is 2. The number of hydrogen-bond donors (Lipinski definition) is 1. The van der Waals surface area contributed by atoms with Crippen molar-refractivity contribution >= 4 is 5.69 Å². The molecule has 1 saturated carbocycles. The van der Waals surface area contributed by atoms with Crippen molar-refractivity contribution in [1.29, 1.82) is 5.26 Å². The van der Waals surface area contributed by atoms with Crippen LogP contribution in [0.5, 0.6) is 0 Å². The number of halogens is 1. The largest absolute Gasteiger partial charge is 0.391 e. The Morgan fingerprint density at radius 3 is 2.78 bits per heavy atom. The third kappa shape index (κ3) is 2.46. The highest BCUT2D eigenvalue weighted by Crippen LogP contribution is 2.28. The quantitative estimate of drug-likeness (QED) is 0.874. The van der Waals surface area contributed by atoms with Gasteiger partial charge in [-0.15, -0.1) is 0 Å². The average Bonchev–Trinajstić information content (AvgIpc) is 2.38. The van der Waals surface area contributed by atoms with Crippen LogP contribution in [0.4, 0.5) is 10.1 Å². The first kappa shape index (κ1) is 12.8. The zero-order valence-corrected chi connectivity index (χ0v) is 10.4. The summed E-state index contributed by atoms with van der Waals surface area (Å²) in [6.45, 7) is 0. The topological polar surface area (TPSA) is 47.3 Å². The molecule has 0 spiro atoms. The van der Waals surface area contributed by atoms with Crippen LogP contribution >= 0.6 is 0 Å². The summed E-state index contributed by atoms with van der Waals surface area (Å²) in [7, 11) is 1.85. The minimum absolute atomic E-state index is 0.0105. The van der Waals surface area contributed by atoms with Crippen LogP contribution in [0, 0.1) is 17.1 Å². The summed E-state index contributed by atoms with van der Waals surface area (Å²) in [5.74, 6) is -0.409. The van der Waals surface area contributed by atoms with Crippen LogP contribution in [-0.4, -0.2) is 24.3 Å². The summed E-state index contributed by atoms with van der Waals surface area (Å²) in [5, 5.41) is 19.1. The Morgan fingerprint density at radius 2 is 2.11 bits per heavy atom. The minimum atomic E-state index is -0.409. The van der Waals surface area contributed by atoms with Gasteiger partial charge in [0.05, 0.1) is 23.4 Å². The molecule has 2 unspecified atom stereocenters. The van der Waals surface area contributed by atoms with Crippen LogP contribution in [-0.2, 0) is 0 Å². The Hall–Kier alpha value is -1.60. The molecule has 1 fully saturated rings. The van der Waals surface area contributed by atoms with Crippen molar-refractivity contribution in [2.75, 3.05) is 11.9 Å². The van der Waals surface area contributed by atoms with E-state index in [0.29, 0.717) is 11.3 Å². The molecule has 96 valence electrons. The number of benzene rings is 1. The third-order valence-electron chi connectivity index (χ3n) is 3.65. The molecule has 1 aliphatic rings. The molecule has 0 saturated heterocycles. The normalized spacial score (nSPS) is 23.4. The molecule has 2 atom stereocenters. The molecular weight excluding hydrogens is 231 g/mol. The van der Waals surface area contributed by atoms with E-state index in [2.05, 4.69) is 0 Å². The first-order valence-electron chi connectivity index (χ1n) is 6.24. The molecule has 1 aromatic rings. The van der Waals surface area contributed by atoms with Crippen molar-refractivity contribution in [3.05, 3.63) is 29.6 Å². The standard InChI is InChI=1S/C14H17FN2O/c1-17(13-4-2-3-5-14(13)18)12-7-6-11(15)8-10(12)9-16/h6-8,13-14,18H,2-5H2,1H3. The fourth-order valence-electron chi connectivity index (χ4n) is 2.63. The Morgan fingerprint density at radius 1 is 1.39 bits per heavy atom. The summed E-state index contributed by atoms with van der Waals surface area (Å²) in [5.41, 5.74) is 1.00. The summed E-state index contributed by atoms with van der Waals surface area (Å²) in [4.78, 5) is 1.90. The van der Waals surface area contributed by atoms with Gasteiger partial charge in [0.1, 0.15) is 11.9 Å². The van der Waals surface area contributed by atoms with E-state index in [1.807, 2.05) is 18.0 Å². The van der Waals surface area contributed by atoms with Gasteiger partial charge in [-0.25, -0.2) is 4.39 Å². The molecule has 0 aliphatic heterocycles. The highest BCUT2D eigenvalue weighted by atomic mass is 19.1. The van der Waals surface area contributed by atoms with Gasteiger partial charge >= 0.3 is 0 Å². The molecule has 4 heteroatoms. The van der Waals surface area contributed by atoms with E-state index < -0.39 is 5.82 Å². The van der Waals surface area contributed by atoms with Gasteiger partial charge in [-0.1, -0.05) is 12.8 Å². The van der Waals surface area contributed by atoms with Crippen LogP contribution in [0.2, 0.25) is 0 Å². The fourth-order valence-corrected chi connectivity index (χ4v) is 2.63. The molecule has 2 rings (SSSR count). The molecule has 3 nitrogen and oxygen atoms in total. The number of nitriles is 1. The van der Waals surface area contributed by atoms with Gasteiger partial charge < -0.3 is 10.0 Å². The van der Waals surface area contributed by atoms with Crippen LogP contribution in [0.25, 0.3) is 0 Å². The maximum atomic E-state index is 13.1. The van der Waals surface area contributed by atoms with Crippen molar-refractivity contribution in [3.8, 4) is 6.07 Å². The SMILES string of the molecule is CN(c1ccc(F)cc1C#N)C1CCCCC1O. The maximum absolute atomic E-state index is 13.1. The molecule has 0 radical (unpaired) electrons. The molecular formula is C14H17FN2O. The minimum Gasteiger partial charge on any atom is -0.391 e. The first-order chi connectivity index (χ1) is 8.63. The van der Waals surface area contributed by atoms with Gasteiger partial charge in [0.25, 0.3) is 0 Å². The molecule has 0 heterocycles. The van der Waals surface area contributed by atoms with E-state index in [-0.39, 0.29) is 12.1 Å². The predicted molar refractivity (Wildman–Crippen MR) is 67.8 cm³/mol. The fraction of sp³-hybridized carbons (Fsp3) is 0.500. The lowest BCUT2D eigenvalue weighted by Crippen LogP contribution is -2.43. The van der Waals surface area contributed by atoms with E-state index in [4.69, 9.17) is 5.26 Å². The Balaban J connectivity index is 2.28. The lowest BCUT2D eigenvalue weighted by molar-refractivity contribution is 0.106. The van der Waals surface area contributed by atoms with Gasteiger partial charge in [0, 0.05) is 7.05 Å². The zero-order chi connectivity index (χ0) is 13.1. The van der Waals surface area contributed by atoms with Crippen LogP contribution < -0.4 is 4.90 Å². The van der Waals surface area contributed by atoms with E-state index >= 15 is 0 Å². The van der Waals surface area contributed by atoms with Crippen LogP contribution in [0.15, 0.2) is 18.2 Å². The van der Waals surface area contributed by atoms with Crippen molar-refractivity contribution in [1.82, 2.24) is 0 Å². The van der Waals surface area contributed by atoms with E-state index in [9.17, 15) is 9.50 Å². The monoisotopic (exact) mass is 248 g/mol. The van der Waals surface area contributed by atoms with E-state index in [1.165, 1.54) is 12.1 Å². The zero-order valence-electron chi connectivity index (χ0n) is 10.4. The summed E-state index contributed by atoms with van der Waals surface area (Å²) in [6, 6.07) is 6.21.